The molecule has 0 aliphatic heterocycles. The van der Waals surface area contributed by atoms with E-state index in [0.29, 0.717) is 0 Å². The van der Waals surface area contributed by atoms with Crippen LogP contribution in [-0.2, 0) is 0 Å². The van der Waals surface area contributed by atoms with Crippen LogP contribution in [0.1, 0.15) is 59.3 Å². The fourth-order valence-corrected chi connectivity index (χ4v) is 1.78. The lowest BCUT2D eigenvalue weighted by Crippen LogP contribution is -1.87. The molecule has 0 heterocycles. The van der Waals surface area contributed by atoms with E-state index in [-0.39, 0.29) is 6.61 Å². The number of aliphatic hydroxyl groups excluding tert-OH is 1. The van der Waals surface area contributed by atoms with E-state index in [2.05, 4.69) is 26.8 Å². The Balaban J connectivity index is 3.89. The van der Waals surface area contributed by atoms with E-state index in [1.165, 1.54) is 30.4 Å². The van der Waals surface area contributed by atoms with Gasteiger partial charge in [0.05, 0.1) is 6.61 Å². The van der Waals surface area contributed by atoms with Crippen molar-refractivity contribution in [2.75, 3.05) is 6.61 Å². The van der Waals surface area contributed by atoms with E-state index in [0.717, 1.165) is 19.3 Å². The molecule has 0 atom stereocenters. The Morgan fingerprint density at radius 3 is 2.20 bits per heavy atom. The van der Waals surface area contributed by atoms with Gasteiger partial charge >= 0.3 is 0 Å². The molecule has 0 aromatic rings. The van der Waals surface area contributed by atoms with Crippen LogP contribution in [0, 0.1) is 0 Å². The zero-order valence-electron chi connectivity index (χ0n) is 10.6. The van der Waals surface area contributed by atoms with Gasteiger partial charge in [0.25, 0.3) is 0 Å². The minimum atomic E-state index is 0.187. The van der Waals surface area contributed by atoms with Crippen molar-refractivity contribution in [3.05, 3.63) is 23.3 Å². The normalized spacial score (nSPS) is 13.3. The zero-order chi connectivity index (χ0) is 11.5. The fourth-order valence-electron chi connectivity index (χ4n) is 1.78. The molecule has 88 valence electrons. The highest BCUT2D eigenvalue weighted by molar-refractivity contribution is 5.05. The van der Waals surface area contributed by atoms with E-state index in [4.69, 9.17) is 5.11 Å². The van der Waals surface area contributed by atoms with Gasteiger partial charge in [0.15, 0.2) is 0 Å². The van der Waals surface area contributed by atoms with Crippen molar-refractivity contribution < 1.29 is 5.11 Å². The molecule has 0 radical (unpaired) electrons. The fraction of sp³-hybridized carbons (Fsp3) is 0.714. The third-order valence-corrected chi connectivity index (χ3v) is 2.55. The monoisotopic (exact) mass is 210 g/mol. The van der Waals surface area contributed by atoms with Gasteiger partial charge in [-0.25, -0.2) is 0 Å². The van der Waals surface area contributed by atoms with Crippen LogP contribution < -0.4 is 0 Å². The average molecular weight is 210 g/mol. The van der Waals surface area contributed by atoms with Crippen molar-refractivity contribution in [3.63, 3.8) is 0 Å². The van der Waals surface area contributed by atoms with Gasteiger partial charge in [-0.1, -0.05) is 50.0 Å². The largest absolute Gasteiger partial charge is 0.392 e. The smallest absolute Gasteiger partial charge is 0.0615 e. The average Bonchev–Trinajstić information content (AvgIpc) is 2.19. The first-order chi connectivity index (χ1) is 7.24. The molecular weight excluding hydrogens is 184 g/mol. The summed E-state index contributed by atoms with van der Waals surface area (Å²) < 4.78 is 0. The highest BCUT2D eigenvalue weighted by Gasteiger charge is 1.95. The standard InChI is InChI=1S/C14H26O/c1-4-7-13(3)9-6-10-14(8-5-2)11-12-15/h9,11,15H,4-8,10,12H2,1-3H3/b13-9+,14-11-. The number of hydrogen-bond acceptors (Lipinski definition) is 1. The molecule has 0 aromatic carbocycles. The minimum Gasteiger partial charge on any atom is -0.392 e. The SMILES string of the molecule is CCC/C(=C/CO)CC/C=C(\C)CCC. The van der Waals surface area contributed by atoms with E-state index in [9.17, 15) is 0 Å². The number of aliphatic hydroxyl groups is 1. The summed E-state index contributed by atoms with van der Waals surface area (Å²) in [6.45, 7) is 6.79. The summed E-state index contributed by atoms with van der Waals surface area (Å²) in [6, 6.07) is 0. The molecule has 0 amide bonds. The topological polar surface area (TPSA) is 20.2 Å². The summed E-state index contributed by atoms with van der Waals surface area (Å²) in [7, 11) is 0. The Hall–Kier alpha value is -0.560. The van der Waals surface area contributed by atoms with Crippen LogP contribution in [0.15, 0.2) is 23.3 Å². The summed E-state index contributed by atoms with van der Waals surface area (Å²) in [5, 5.41) is 8.86. The van der Waals surface area contributed by atoms with E-state index < -0.39 is 0 Å². The first kappa shape index (κ1) is 14.4. The Kier molecular flexibility index (Phi) is 9.60. The Labute approximate surface area is 94.9 Å². The maximum atomic E-state index is 8.86. The maximum absolute atomic E-state index is 8.86. The van der Waals surface area contributed by atoms with Crippen molar-refractivity contribution in [2.24, 2.45) is 0 Å². The summed E-state index contributed by atoms with van der Waals surface area (Å²) in [4.78, 5) is 0. The Morgan fingerprint density at radius 1 is 1.00 bits per heavy atom. The summed E-state index contributed by atoms with van der Waals surface area (Å²) in [5.41, 5.74) is 2.90. The van der Waals surface area contributed by atoms with Crippen molar-refractivity contribution in [3.8, 4) is 0 Å². The van der Waals surface area contributed by atoms with Crippen molar-refractivity contribution in [1.82, 2.24) is 0 Å². The molecule has 0 aromatic heterocycles. The molecule has 1 N–H and O–H groups in total. The van der Waals surface area contributed by atoms with Crippen LogP contribution in [0.4, 0.5) is 0 Å². The third kappa shape index (κ3) is 8.44. The van der Waals surface area contributed by atoms with Crippen LogP contribution in [0.5, 0.6) is 0 Å². The molecule has 0 bridgehead atoms. The highest BCUT2D eigenvalue weighted by Crippen LogP contribution is 2.14. The van der Waals surface area contributed by atoms with E-state index >= 15 is 0 Å². The van der Waals surface area contributed by atoms with Gasteiger partial charge in [0.1, 0.15) is 0 Å². The number of allylic oxidation sites excluding steroid dienone is 3. The summed E-state index contributed by atoms with van der Waals surface area (Å²) in [5.74, 6) is 0. The zero-order valence-corrected chi connectivity index (χ0v) is 10.6. The van der Waals surface area contributed by atoms with Crippen LogP contribution in [0.3, 0.4) is 0 Å². The molecule has 0 unspecified atom stereocenters. The Bertz CT molecular complexity index is 201. The summed E-state index contributed by atoms with van der Waals surface area (Å²) >= 11 is 0. The lowest BCUT2D eigenvalue weighted by atomic mass is 10.0. The lowest BCUT2D eigenvalue weighted by Gasteiger charge is -2.04. The molecule has 0 aliphatic carbocycles. The second-order valence-corrected chi connectivity index (χ2v) is 4.13. The second kappa shape index (κ2) is 9.97. The molecule has 15 heavy (non-hydrogen) atoms. The highest BCUT2D eigenvalue weighted by atomic mass is 16.2. The molecular formula is C14H26O. The van der Waals surface area contributed by atoms with Crippen molar-refractivity contribution in [2.45, 2.75) is 59.3 Å². The Morgan fingerprint density at radius 2 is 1.67 bits per heavy atom. The molecule has 0 saturated carbocycles. The predicted octanol–water partition coefficient (Wildman–Crippen LogP) is 4.23. The molecule has 1 nitrogen and oxygen atoms in total. The van der Waals surface area contributed by atoms with Gasteiger partial charge in [-0.2, -0.15) is 0 Å². The first-order valence-corrected chi connectivity index (χ1v) is 6.18. The molecule has 0 saturated heterocycles. The number of hydrogen-bond donors (Lipinski definition) is 1. The van der Waals surface area contributed by atoms with Gasteiger partial charge < -0.3 is 5.11 Å². The molecule has 0 aliphatic rings. The quantitative estimate of drug-likeness (QED) is 0.594. The van der Waals surface area contributed by atoms with Gasteiger partial charge in [0.2, 0.25) is 0 Å². The van der Waals surface area contributed by atoms with Gasteiger partial charge in [-0.3, -0.25) is 0 Å². The molecule has 0 spiro atoms. The van der Waals surface area contributed by atoms with Gasteiger partial charge in [-0.15, -0.1) is 0 Å². The predicted molar refractivity (Wildman–Crippen MR) is 68.0 cm³/mol. The maximum Gasteiger partial charge on any atom is 0.0615 e. The van der Waals surface area contributed by atoms with Crippen molar-refractivity contribution in [1.29, 1.82) is 0 Å². The van der Waals surface area contributed by atoms with Crippen LogP contribution in [-0.4, -0.2) is 11.7 Å². The molecule has 0 rings (SSSR count). The second-order valence-electron chi connectivity index (χ2n) is 4.13. The number of rotatable bonds is 8. The van der Waals surface area contributed by atoms with Gasteiger partial charge in [-0.05, 0) is 32.6 Å². The van der Waals surface area contributed by atoms with Crippen molar-refractivity contribution >= 4 is 0 Å². The van der Waals surface area contributed by atoms with Crippen LogP contribution >= 0.6 is 0 Å². The van der Waals surface area contributed by atoms with Crippen LogP contribution in [0.25, 0.3) is 0 Å². The first-order valence-electron chi connectivity index (χ1n) is 6.18. The molecule has 0 fully saturated rings. The lowest BCUT2D eigenvalue weighted by molar-refractivity contribution is 0.341. The van der Waals surface area contributed by atoms with E-state index in [1.807, 2.05) is 6.08 Å². The van der Waals surface area contributed by atoms with Crippen LogP contribution in [0.2, 0.25) is 0 Å². The van der Waals surface area contributed by atoms with Gasteiger partial charge in [0, 0.05) is 0 Å². The minimum absolute atomic E-state index is 0.187. The summed E-state index contributed by atoms with van der Waals surface area (Å²) in [6.07, 6.45) is 11.3. The molecule has 1 heteroatoms. The van der Waals surface area contributed by atoms with E-state index in [1.54, 1.807) is 0 Å². The third-order valence-electron chi connectivity index (χ3n) is 2.55.